The normalized spacial score (nSPS) is 10.8. The molecule has 0 radical (unpaired) electrons. The molecule has 0 spiro atoms. The Labute approximate surface area is 111 Å². The number of benzene rings is 2. The highest BCUT2D eigenvalue weighted by molar-refractivity contribution is 6.32. The van der Waals surface area contributed by atoms with E-state index in [0.717, 1.165) is 22.0 Å². The van der Waals surface area contributed by atoms with Gasteiger partial charge in [0, 0.05) is 10.9 Å². The molecule has 0 aliphatic carbocycles. The van der Waals surface area contributed by atoms with E-state index in [1.165, 1.54) is 5.56 Å². The molecule has 0 bridgehead atoms. The number of aromatic nitrogens is 1. The predicted octanol–water partition coefficient (Wildman–Crippen LogP) is 4.86. The van der Waals surface area contributed by atoms with Crippen molar-refractivity contribution in [3.63, 3.8) is 0 Å². The number of hydrogen-bond donors (Lipinski definition) is 0. The molecule has 0 unspecified atom stereocenters. The SMILES string of the molecule is Cc1ccc(-c2cc3ccccc3nc2Cl)cc1. The summed E-state index contributed by atoms with van der Waals surface area (Å²) < 4.78 is 0. The second-order valence-electron chi connectivity index (χ2n) is 4.39. The van der Waals surface area contributed by atoms with Crippen LogP contribution in [0.3, 0.4) is 0 Å². The number of hydrogen-bond acceptors (Lipinski definition) is 1. The summed E-state index contributed by atoms with van der Waals surface area (Å²) in [6, 6.07) is 18.4. The molecule has 3 aromatic rings. The highest BCUT2D eigenvalue weighted by atomic mass is 35.5. The van der Waals surface area contributed by atoms with Crippen molar-refractivity contribution in [2.45, 2.75) is 6.92 Å². The number of fused-ring (bicyclic) bond motifs is 1. The lowest BCUT2D eigenvalue weighted by Crippen LogP contribution is -1.86. The molecule has 2 aromatic carbocycles. The Morgan fingerprint density at radius 3 is 2.44 bits per heavy atom. The Balaban J connectivity index is 2.22. The van der Waals surface area contributed by atoms with Gasteiger partial charge in [-0.2, -0.15) is 0 Å². The number of pyridine rings is 1. The molecule has 0 saturated carbocycles. The molecule has 1 heterocycles. The van der Waals surface area contributed by atoms with Gasteiger partial charge in [0.2, 0.25) is 0 Å². The predicted molar refractivity (Wildman–Crippen MR) is 76.9 cm³/mol. The molecule has 1 nitrogen and oxygen atoms in total. The standard InChI is InChI=1S/C16H12ClN/c1-11-6-8-12(9-7-11)14-10-13-4-2-3-5-15(13)18-16(14)17/h2-10H,1H3. The summed E-state index contributed by atoms with van der Waals surface area (Å²) in [5.74, 6) is 0. The summed E-state index contributed by atoms with van der Waals surface area (Å²) in [6.07, 6.45) is 0. The summed E-state index contributed by atoms with van der Waals surface area (Å²) in [5.41, 5.74) is 4.25. The highest BCUT2D eigenvalue weighted by Crippen LogP contribution is 2.29. The molecule has 0 aliphatic rings. The summed E-state index contributed by atoms with van der Waals surface area (Å²) in [5, 5.41) is 1.66. The quantitative estimate of drug-likeness (QED) is 0.564. The average molecular weight is 254 g/mol. The van der Waals surface area contributed by atoms with Crippen LogP contribution in [0.5, 0.6) is 0 Å². The maximum absolute atomic E-state index is 6.27. The molecule has 0 atom stereocenters. The van der Waals surface area contributed by atoms with Crippen molar-refractivity contribution in [2.75, 3.05) is 0 Å². The van der Waals surface area contributed by atoms with Crippen molar-refractivity contribution in [1.29, 1.82) is 0 Å². The molecule has 0 aliphatic heterocycles. The van der Waals surface area contributed by atoms with Crippen LogP contribution in [0.2, 0.25) is 5.15 Å². The van der Waals surface area contributed by atoms with E-state index in [1.807, 2.05) is 18.2 Å². The van der Waals surface area contributed by atoms with Crippen LogP contribution >= 0.6 is 11.6 Å². The third kappa shape index (κ3) is 1.98. The zero-order valence-electron chi connectivity index (χ0n) is 10.0. The van der Waals surface area contributed by atoms with E-state index in [0.29, 0.717) is 5.15 Å². The maximum atomic E-state index is 6.27. The summed E-state index contributed by atoms with van der Waals surface area (Å²) in [4.78, 5) is 4.44. The van der Waals surface area contributed by atoms with E-state index < -0.39 is 0 Å². The lowest BCUT2D eigenvalue weighted by atomic mass is 10.0. The van der Waals surface area contributed by atoms with Gasteiger partial charge in [-0.3, -0.25) is 0 Å². The Morgan fingerprint density at radius 2 is 1.67 bits per heavy atom. The number of para-hydroxylation sites is 1. The minimum atomic E-state index is 0.553. The molecule has 0 fully saturated rings. The molecule has 2 heteroatoms. The van der Waals surface area contributed by atoms with Gasteiger partial charge < -0.3 is 0 Å². The Morgan fingerprint density at radius 1 is 0.944 bits per heavy atom. The fourth-order valence-electron chi connectivity index (χ4n) is 2.03. The topological polar surface area (TPSA) is 12.9 Å². The van der Waals surface area contributed by atoms with Crippen molar-refractivity contribution < 1.29 is 0 Å². The van der Waals surface area contributed by atoms with Crippen LogP contribution in [0.15, 0.2) is 54.6 Å². The average Bonchev–Trinajstić information content (AvgIpc) is 2.39. The summed E-state index contributed by atoms with van der Waals surface area (Å²) >= 11 is 6.27. The largest absolute Gasteiger partial charge is 0.235 e. The van der Waals surface area contributed by atoms with Crippen molar-refractivity contribution in [3.05, 3.63) is 65.3 Å². The number of nitrogens with zero attached hydrogens (tertiary/aromatic N) is 1. The lowest BCUT2D eigenvalue weighted by Gasteiger charge is -2.06. The van der Waals surface area contributed by atoms with Gasteiger partial charge in [0.25, 0.3) is 0 Å². The molecule has 88 valence electrons. The second kappa shape index (κ2) is 4.43. The van der Waals surface area contributed by atoms with Gasteiger partial charge in [0.15, 0.2) is 0 Å². The summed E-state index contributed by atoms with van der Waals surface area (Å²) in [6.45, 7) is 2.07. The zero-order valence-corrected chi connectivity index (χ0v) is 10.8. The maximum Gasteiger partial charge on any atom is 0.137 e. The fraction of sp³-hybridized carbons (Fsp3) is 0.0625. The van der Waals surface area contributed by atoms with Gasteiger partial charge >= 0.3 is 0 Å². The molecule has 3 rings (SSSR count). The Kier molecular flexibility index (Phi) is 2.77. The minimum Gasteiger partial charge on any atom is -0.235 e. The van der Waals surface area contributed by atoms with Gasteiger partial charge in [-0.25, -0.2) is 4.98 Å². The minimum absolute atomic E-state index is 0.553. The van der Waals surface area contributed by atoms with Gasteiger partial charge in [0.1, 0.15) is 5.15 Å². The Hall–Kier alpha value is -1.86. The number of aryl methyl sites for hydroxylation is 1. The third-order valence-electron chi connectivity index (χ3n) is 3.04. The van der Waals surface area contributed by atoms with Crippen molar-refractivity contribution in [2.24, 2.45) is 0 Å². The molecule has 0 saturated heterocycles. The van der Waals surface area contributed by atoms with Crippen LogP contribution in [0.25, 0.3) is 22.0 Å². The van der Waals surface area contributed by atoms with E-state index in [-0.39, 0.29) is 0 Å². The molecule has 18 heavy (non-hydrogen) atoms. The zero-order chi connectivity index (χ0) is 12.5. The van der Waals surface area contributed by atoms with Gasteiger partial charge in [-0.05, 0) is 24.6 Å². The van der Waals surface area contributed by atoms with Crippen LogP contribution in [0.4, 0.5) is 0 Å². The first-order valence-corrected chi connectivity index (χ1v) is 6.24. The first-order chi connectivity index (χ1) is 8.74. The van der Waals surface area contributed by atoms with Gasteiger partial charge in [-0.1, -0.05) is 59.6 Å². The van der Waals surface area contributed by atoms with E-state index in [4.69, 9.17) is 11.6 Å². The van der Waals surface area contributed by atoms with Crippen molar-refractivity contribution in [3.8, 4) is 11.1 Å². The first-order valence-electron chi connectivity index (χ1n) is 5.86. The van der Waals surface area contributed by atoms with E-state index >= 15 is 0 Å². The van der Waals surface area contributed by atoms with Crippen LogP contribution in [-0.2, 0) is 0 Å². The van der Waals surface area contributed by atoms with E-state index in [9.17, 15) is 0 Å². The van der Waals surface area contributed by atoms with Crippen LogP contribution in [0.1, 0.15) is 5.56 Å². The molecule has 0 N–H and O–H groups in total. The first kappa shape index (κ1) is 11.2. The molecule has 1 aromatic heterocycles. The van der Waals surface area contributed by atoms with Crippen LogP contribution in [-0.4, -0.2) is 4.98 Å². The molecule has 0 amide bonds. The van der Waals surface area contributed by atoms with E-state index in [2.05, 4.69) is 48.3 Å². The third-order valence-corrected chi connectivity index (χ3v) is 3.33. The summed E-state index contributed by atoms with van der Waals surface area (Å²) in [7, 11) is 0. The number of halogens is 1. The van der Waals surface area contributed by atoms with Crippen molar-refractivity contribution >= 4 is 22.5 Å². The van der Waals surface area contributed by atoms with Crippen LogP contribution in [0, 0.1) is 6.92 Å². The molecular formula is C16H12ClN. The van der Waals surface area contributed by atoms with Crippen LogP contribution < -0.4 is 0 Å². The smallest absolute Gasteiger partial charge is 0.137 e. The lowest BCUT2D eigenvalue weighted by molar-refractivity contribution is 1.40. The molecular weight excluding hydrogens is 242 g/mol. The Bertz CT molecular complexity index is 702. The monoisotopic (exact) mass is 253 g/mol. The van der Waals surface area contributed by atoms with Crippen molar-refractivity contribution in [1.82, 2.24) is 4.98 Å². The van der Waals surface area contributed by atoms with Gasteiger partial charge in [-0.15, -0.1) is 0 Å². The number of rotatable bonds is 1. The van der Waals surface area contributed by atoms with E-state index in [1.54, 1.807) is 0 Å². The van der Waals surface area contributed by atoms with Gasteiger partial charge in [0.05, 0.1) is 5.52 Å². The fourth-order valence-corrected chi connectivity index (χ4v) is 2.28. The second-order valence-corrected chi connectivity index (χ2v) is 4.74. The highest BCUT2D eigenvalue weighted by Gasteiger charge is 2.06.